The van der Waals surface area contributed by atoms with Gasteiger partial charge in [-0.3, -0.25) is 0 Å². The molecule has 0 aliphatic rings. The molecule has 0 bridgehead atoms. The molecular weight excluding hydrogens is 294 g/mol. The van der Waals surface area contributed by atoms with Gasteiger partial charge in [0.05, 0.1) is 25.7 Å². The minimum absolute atomic E-state index is 0.303. The first kappa shape index (κ1) is 18.8. The Morgan fingerprint density at radius 3 is 1.91 bits per heavy atom. The molecule has 5 nitrogen and oxygen atoms in total. The third-order valence-corrected chi connectivity index (χ3v) is 3.25. The molecule has 0 amide bonds. The SMILES string of the molecule is C[NH2+]CC[C@H](O)c1ccccc1.O=C([O-])[C@H](O)c1ccccc1. The summed E-state index contributed by atoms with van der Waals surface area (Å²) in [5.41, 5.74) is 1.35. The molecule has 0 radical (unpaired) electrons. The molecule has 4 N–H and O–H groups in total. The highest BCUT2D eigenvalue weighted by Gasteiger charge is 2.06. The normalized spacial score (nSPS) is 12.7. The van der Waals surface area contributed by atoms with Gasteiger partial charge in [0, 0.05) is 6.42 Å². The number of benzene rings is 2. The van der Waals surface area contributed by atoms with Crippen LogP contribution in [0.15, 0.2) is 60.7 Å². The quantitative estimate of drug-likeness (QED) is 0.686. The van der Waals surface area contributed by atoms with Crippen LogP contribution in [0.5, 0.6) is 0 Å². The highest BCUT2D eigenvalue weighted by Crippen LogP contribution is 2.14. The van der Waals surface area contributed by atoms with Crippen LogP contribution in [0.4, 0.5) is 0 Å². The number of carbonyl (C=O) groups is 1. The van der Waals surface area contributed by atoms with Crippen LogP contribution in [-0.4, -0.2) is 29.8 Å². The van der Waals surface area contributed by atoms with Gasteiger partial charge in [-0.1, -0.05) is 60.7 Å². The maximum Gasteiger partial charge on any atom is 0.118 e. The van der Waals surface area contributed by atoms with Crippen LogP contribution in [0, 0.1) is 0 Å². The second kappa shape index (κ2) is 10.5. The fourth-order valence-electron chi connectivity index (χ4n) is 1.94. The molecule has 2 rings (SSSR count). The van der Waals surface area contributed by atoms with E-state index in [2.05, 4.69) is 5.32 Å². The van der Waals surface area contributed by atoms with Crippen molar-refractivity contribution in [3.05, 3.63) is 71.8 Å². The Hall–Kier alpha value is -2.21. The van der Waals surface area contributed by atoms with Crippen molar-refractivity contribution in [1.29, 1.82) is 0 Å². The molecule has 0 heterocycles. The first-order chi connectivity index (χ1) is 11.1. The van der Waals surface area contributed by atoms with Crippen LogP contribution in [0.25, 0.3) is 0 Å². The highest BCUT2D eigenvalue weighted by atomic mass is 16.4. The van der Waals surface area contributed by atoms with Crippen LogP contribution in [0.3, 0.4) is 0 Å². The van der Waals surface area contributed by atoms with Gasteiger partial charge < -0.3 is 25.4 Å². The number of rotatable bonds is 6. The summed E-state index contributed by atoms with van der Waals surface area (Å²) in [7, 11) is 2.01. The van der Waals surface area contributed by atoms with E-state index in [4.69, 9.17) is 5.11 Å². The molecule has 2 aromatic carbocycles. The van der Waals surface area contributed by atoms with Crippen molar-refractivity contribution < 1.29 is 25.4 Å². The fourth-order valence-corrected chi connectivity index (χ4v) is 1.94. The van der Waals surface area contributed by atoms with Gasteiger partial charge >= 0.3 is 0 Å². The summed E-state index contributed by atoms with van der Waals surface area (Å²) in [5.74, 6) is -1.48. The molecule has 0 aliphatic heterocycles. The molecule has 5 heteroatoms. The largest absolute Gasteiger partial charge is 0.547 e. The molecule has 0 fully saturated rings. The molecule has 0 aromatic heterocycles. The first-order valence-corrected chi connectivity index (χ1v) is 7.51. The second-order valence-electron chi connectivity index (χ2n) is 5.04. The van der Waals surface area contributed by atoms with Crippen LogP contribution in [0.1, 0.15) is 29.8 Å². The summed E-state index contributed by atoms with van der Waals surface area (Å²) in [5, 5.41) is 30.8. The van der Waals surface area contributed by atoms with Crippen LogP contribution >= 0.6 is 0 Å². The third-order valence-electron chi connectivity index (χ3n) is 3.25. The molecule has 0 spiro atoms. The van der Waals surface area contributed by atoms with Crippen molar-refractivity contribution in [3.8, 4) is 0 Å². The van der Waals surface area contributed by atoms with Crippen molar-refractivity contribution in [2.45, 2.75) is 18.6 Å². The number of carboxylic acids is 1. The number of hydrogen-bond acceptors (Lipinski definition) is 4. The Morgan fingerprint density at radius 1 is 1.00 bits per heavy atom. The van der Waals surface area contributed by atoms with E-state index in [0.717, 1.165) is 18.5 Å². The molecular formula is C18H23NO4. The number of carbonyl (C=O) groups excluding carboxylic acids is 1. The van der Waals surface area contributed by atoms with E-state index in [1.807, 2.05) is 37.4 Å². The van der Waals surface area contributed by atoms with Gasteiger partial charge in [0.25, 0.3) is 0 Å². The second-order valence-corrected chi connectivity index (χ2v) is 5.04. The average molecular weight is 317 g/mol. The smallest absolute Gasteiger partial charge is 0.118 e. The van der Waals surface area contributed by atoms with E-state index >= 15 is 0 Å². The van der Waals surface area contributed by atoms with Crippen LogP contribution < -0.4 is 10.4 Å². The fraction of sp³-hybridized carbons (Fsp3) is 0.278. The number of aliphatic hydroxyl groups is 2. The van der Waals surface area contributed by atoms with E-state index in [9.17, 15) is 15.0 Å². The summed E-state index contributed by atoms with van der Waals surface area (Å²) in [6.45, 7) is 0.968. The predicted octanol–water partition coefficient (Wildman–Crippen LogP) is -0.227. The number of quaternary nitrogens is 1. The van der Waals surface area contributed by atoms with Gasteiger partial charge in [-0.05, 0) is 11.1 Å². The zero-order valence-corrected chi connectivity index (χ0v) is 13.1. The Bertz CT molecular complexity index is 560. The number of nitrogens with two attached hydrogens (primary N) is 1. The molecule has 0 unspecified atom stereocenters. The summed E-state index contributed by atoms with van der Waals surface area (Å²) >= 11 is 0. The monoisotopic (exact) mass is 317 g/mol. The molecule has 23 heavy (non-hydrogen) atoms. The topological polar surface area (TPSA) is 97.2 Å². The average Bonchev–Trinajstić information content (AvgIpc) is 2.61. The van der Waals surface area contributed by atoms with Crippen molar-refractivity contribution in [2.75, 3.05) is 13.6 Å². The zero-order valence-electron chi connectivity index (χ0n) is 13.1. The molecule has 2 aromatic rings. The zero-order chi connectivity index (χ0) is 17.1. The van der Waals surface area contributed by atoms with Crippen molar-refractivity contribution in [2.24, 2.45) is 0 Å². The van der Waals surface area contributed by atoms with Crippen molar-refractivity contribution in [3.63, 3.8) is 0 Å². The maximum atomic E-state index is 10.1. The molecule has 0 saturated carbocycles. The van der Waals surface area contributed by atoms with E-state index < -0.39 is 12.1 Å². The minimum atomic E-state index is -1.52. The van der Waals surface area contributed by atoms with Crippen LogP contribution in [0.2, 0.25) is 0 Å². The Morgan fingerprint density at radius 2 is 1.48 bits per heavy atom. The lowest BCUT2D eigenvalue weighted by Crippen LogP contribution is -2.79. The molecule has 124 valence electrons. The van der Waals surface area contributed by atoms with E-state index in [-0.39, 0.29) is 6.10 Å². The van der Waals surface area contributed by atoms with E-state index in [1.165, 1.54) is 12.1 Å². The Kier molecular flexibility index (Phi) is 8.60. The minimum Gasteiger partial charge on any atom is -0.547 e. The summed E-state index contributed by atoms with van der Waals surface area (Å²) in [4.78, 5) is 10.1. The number of aliphatic carboxylic acids is 1. The van der Waals surface area contributed by atoms with Gasteiger partial charge in [-0.15, -0.1) is 0 Å². The highest BCUT2D eigenvalue weighted by molar-refractivity contribution is 5.71. The van der Waals surface area contributed by atoms with E-state index in [1.54, 1.807) is 18.2 Å². The van der Waals surface area contributed by atoms with Crippen LogP contribution in [-0.2, 0) is 4.79 Å². The van der Waals surface area contributed by atoms with Gasteiger partial charge in [-0.2, -0.15) is 0 Å². The molecule has 2 atom stereocenters. The van der Waals surface area contributed by atoms with Gasteiger partial charge in [-0.25, -0.2) is 0 Å². The van der Waals surface area contributed by atoms with Crippen molar-refractivity contribution in [1.82, 2.24) is 0 Å². The third kappa shape index (κ3) is 7.06. The van der Waals surface area contributed by atoms with Gasteiger partial charge in [0.2, 0.25) is 0 Å². The standard InChI is InChI=1S/C10H15NO.C8H8O3/c1-11-8-7-10(12)9-5-3-2-4-6-9;9-7(8(10)11)6-4-2-1-3-5-6/h2-6,10-12H,7-8H2,1H3;1-5,7,9H,(H,10,11)/t10-;7-/m01/s1. The summed E-state index contributed by atoms with van der Waals surface area (Å²) in [6.07, 6.45) is -1.00. The number of aliphatic hydroxyl groups excluding tert-OH is 2. The maximum absolute atomic E-state index is 10.1. The first-order valence-electron chi connectivity index (χ1n) is 7.51. The lowest BCUT2D eigenvalue weighted by molar-refractivity contribution is -0.628. The van der Waals surface area contributed by atoms with Gasteiger partial charge in [0.15, 0.2) is 0 Å². The summed E-state index contributed by atoms with van der Waals surface area (Å²) in [6, 6.07) is 17.9. The Labute approximate surface area is 136 Å². The number of carboxylic acid groups (broad SMARTS) is 1. The Balaban J connectivity index is 0.000000231. The van der Waals surface area contributed by atoms with Crippen molar-refractivity contribution >= 4 is 5.97 Å². The lowest BCUT2D eigenvalue weighted by atomic mass is 10.1. The van der Waals surface area contributed by atoms with Gasteiger partial charge in [0.1, 0.15) is 6.10 Å². The predicted molar refractivity (Wildman–Crippen MR) is 85.1 cm³/mol. The molecule has 0 aliphatic carbocycles. The molecule has 0 saturated heterocycles. The summed E-state index contributed by atoms with van der Waals surface area (Å²) < 4.78 is 0. The number of hydrogen-bond donors (Lipinski definition) is 3. The van der Waals surface area contributed by atoms with E-state index in [0.29, 0.717) is 5.56 Å². The lowest BCUT2D eigenvalue weighted by Gasteiger charge is -2.10.